The van der Waals surface area contributed by atoms with Gasteiger partial charge in [-0.15, -0.1) is 0 Å². The van der Waals surface area contributed by atoms with Crippen LogP contribution in [0.15, 0.2) is 4.99 Å². The quantitative estimate of drug-likeness (QED) is 0.614. The molecule has 0 aliphatic carbocycles. The number of amides is 2. The molecule has 0 unspecified atom stereocenters. The summed E-state index contributed by atoms with van der Waals surface area (Å²) in [7, 11) is 1.61. The summed E-state index contributed by atoms with van der Waals surface area (Å²) < 4.78 is 4.84. The van der Waals surface area contributed by atoms with Gasteiger partial charge in [-0.05, 0) is 6.42 Å². The van der Waals surface area contributed by atoms with Crippen LogP contribution in [0, 0.1) is 0 Å². The number of amidine groups is 1. The molecule has 16 heavy (non-hydrogen) atoms. The van der Waals surface area contributed by atoms with Crippen molar-refractivity contribution in [3.8, 4) is 0 Å². The Labute approximate surface area is 98.0 Å². The Kier molecular flexibility index (Phi) is 5.27. The predicted octanol–water partition coefficient (Wildman–Crippen LogP) is -0.514. The first-order chi connectivity index (χ1) is 7.63. The fourth-order valence-electron chi connectivity index (χ4n) is 1.22. The van der Waals surface area contributed by atoms with Gasteiger partial charge in [0.15, 0.2) is 5.17 Å². The van der Waals surface area contributed by atoms with E-state index in [4.69, 9.17) is 10.5 Å². The molecule has 1 rings (SSSR count). The van der Waals surface area contributed by atoms with Crippen molar-refractivity contribution in [2.45, 2.75) is 18.1 Å². The van der Waals surface area contributed by atoms with Gasteiger partial charge in [-0.1, -0.05) is 11.8 Å². The number of carbonyl (C=O) groups excluding carboxylic acids is 2. The summed E-state index contributed by atoms with van der Waals surface area (Å²) in [5.74, 6) is -0.485. The number of nitrogens with one attached hydrogen (secondary N) is 1. The Morgan fingerprint density at radius 3 is 3.00 bits per heavy atom. The summed E-state index contributed by atoms with van der Waals surface area (Å²) in [6, 6.07) is 0. The van der Waals surface area contributed by atoms with Crippen molar-refractivity contribution in [2.75, 3.05) is 20.3 Å². The van der Waals surface area contributed by atoms with Crippen molar-refractivity contribution < 1.29 is 14.3 Å². The summed E-state index contributed by atoms with van der Waals surface area (Å²) in [6.45, 7) is 1.15. The predicted molar refractivity (Wildman–Crippen MR) is 62.1 cm³/mol. The van der Waals surface area contributed by atoms with Crippen molar-refractivity contribution in [3.63, 3.8) is 0 Å². The highest BCUT2D eigenvalue weighted by Gasteiger charge is 2.28. The molecule has 0 saturated heterocycles. The Morgan fingerprint density at radius 1 is 1.69 bits per heavy atom. The molecule has 0 aromatic carbocycles. The minimum Gasteiger partial charge on any atom is -0.385 e. The van der Waals surface area contributed by atoms with Crippen LogP contribution in [-0.4, -0.2) is 42.5 Å². The third kappa shape index (κ3) is 4.19. The molecule has 1 atom stereocenters. The van der Waals surface area contributed by atoms with Gasteiger partial charge in [0.25, 0.3) is 5.91 Å². The van der Waals surface area contributed by atoms with E-state index in [1.165, 1.54) is 0 Å². The van der Waals surface area contributed by atoms with E-state index < -0.39 is 5.25 Å². The van der Waals surface area contributed by atoms with E-state index in [-0.39, 0.29) is 23.4 Å². The number of methoxy groups -OCH3 is 1. The molecule has 1 heterocycles. The van der Waals surface area contributed by atoms with E-state index in [2.05, 4.69) is 10.3 Å². The molecular weight excluding hydrogens is 230 g/mol. The summed E-state index contributed by atoms with van der Waals surface area (Å²) in [4.78, 5) is 26.2. The number of rotatable bonds is 6. The van der Waals surface area contributed by atoms with Gasteiger partial charge < -0.3 is 15.8 Å². The number of ether oxygens (including phenoxy) is 1. The molecule has 3 N–H and O–H groups in total. The fourth-order valence-corrected chi connectivity index (χ4v) is 2.04. The number of aliphatic imine (C=N–C) groups is 1. The van der Waals surface area contributed by atoms with E-state index in [0.29, 0.717) is 13.2 Å². The van der Waals surface area contributed by atoms with Crippen LogP contribution < -0.4 is 11.1 Å². The second kappa shape index (κ2) is 6.49. The lowest BCUT2D eigenvalue weighted by Crippen LogP contribution is -2.29. The average Bonchev–Trinajstić information content (AvgIpc) is 2.52. The lowest BCUT2D eigenvalue weighted by atomic mass is 10.2. The van der Waals surface area contributed by atoms with E-state index in [0.717, 1.165) is 18.2 Å². The second-order valence-electron chi connectivity index (χ2n) is 3.30. The number of hydrogen-bond donors (Lipinski definition) is 2. The van der Waals surface area contributed by atoms with Crippen LogP contribution in [0.3, 0.4) is 0 Å². The molecule has 0 spiro atoms. The maximum atomic E-state index is 11.4. The molecule has 0 aromatic heterocycles. The topological polar surface area (TPSA) is 93.8 Å². The van der Waals surface area contributed by atoms with Crippen LogP contribution in [-0.2, 0) is 14.3 Å². The Morgan fingerprint density at radius 2 is 2.44 bits per heavy atom. The summed E-state index contributed by atoms with van der Waals surface area (Å²) in [6.07, 6.45) is 0.882. The molecule has 0 bridgehead atoms. The first kappa shape index (κ1) is 13.0. The minimum absolute atomic E-state index is 0.126. The molecule has 0 aromatic rings. The highest BCUT2D eigenvalue weighted by Crippen LogP contribution is 2.22. The van der Waals surface area contributed by atoms with Gasteiger partial charge in [0, 0.05) is 26.7 Å². The van der Waals surface area contributed by atoms with Crippen molar-refractivity contribution in [1.82, 2.24) is 5.32 Å². The number of nitrogens with two attached hydrogens (primary N) is 1. The zero-order valence-electron chi connectivity index (χ0n) is 9.06. The van der Waals surface area contributed by atoms with Gasteiger partial charge in [-0.2, -0.15) is 4.99 Å². The zero-order chi connectivity index (χ0) is 12.0. The lowest BCUT2D eigenvalue weighted by Gasteiger charge is -2.07. The van der Waals surface area contributed by atoms with Crippen LogP contribution >= 0.6 is 11.8 Å². The van der Waals surface area contributed by atoms with Crippen LogP contribution in [0.4, 0.5) is 0 Å². The molecule has 0 fully saturated rings. The standard InChI is InChI=1S/C9H15N3O3S/c1-15-4-2-3-11-7(13)5-6-8(14)12-9(10)16-6/h6H,2-5H2,1H3,(H,11,13)(H2,10,12,14)/t6-/m1/s1. The van der Waals surface area contributed by atoms with Crippen molar-refractivity contribution in [3.05, 3.63) is 0 Å². The molecule has 1 aliphatic rings. The van der Waals surface area contributed by atoms with E-state index in [1.54, 1.807) is 7.11 Å². The Hall–Kier alpha value is -1.08. The van der Waals surface area contributed by atoms with Crippen molar-refractivity contribution in [2.24, 2.45) is 10.7 Å². The van der Waals surface area contributed by atoms with Gasteiger partial charge >= 0.3 is 0 Å². The monoisotopic (exact) mass is 245 g/mol. The molecule has 0 saturated carbocycles. The molecule has 90 valence electrons. The first-order valence-corrected chi connectivity index (χ1v) is 5.81. The van der Waals surface area contributed by atoms with E-state index >= 15 is 0 Å². The Bertz CT molecular complexity index is 306. The second-order valence-corrected chi connectivity index (χ2v) is 4.52. The molecule has 6 nitrogen and oxygen atoms in total. The van der Waals surface area contributed by atoms with Crippen LogP contribution in [0.5, 0.6) is 0 Å². The molecular formula is C9H15N3O3S. The number of nitrogens with zero attached hydrogens (tertiary/aromatic N) is 1. The third-order valence-electron chi connectivity index (χ3n) is 1.98. The SMILES string of the molecule is COCCCNC(=O)C[C@H]1SC(N)=NC1=O. The van der Waals surface area contributed by atoms with Gasteiger partial charge in [-0.25, -0.2) is 0 Å². The fraction of sp³-hybridized carbons (Fsp3) is 0.667. The summed E-state index contributed by atoms with van der Waals surface area (Å²) in [5.41, 5.74) is 5.37. The van der Waals surface area contributed by atoms with Crippen LogP contribution in [0.2, 0.25) is 0 Å². The molecule has 1 aliphatic heterocycles. The van der Waals surface area contributed by atoms with Crippen LogP contribution in [0.1, 0.15) is 12.8 Å². The normalized spacial score (nSPS) is 19.7. The summed E-state index contributed by atoms with van der Waals surface area (Å²) in [5, 5.41) is 2.49. The smallest absolute Gasteiger partial charge is 0.262 e. The highest BCUT2D eigenvalue weighted by molar-refractivity contribution is 8.15. The highest BCUT2D eigenvalue weighted by atomic mass is 32.2. The third-order valence-corrected chi connectivity index (χ3v) is 2.96. The maximum Gasteiger partial charge on any atom is 0.262 e. The number of hydrogen-bond acceptors (Lipinski definition) is 5. The van der Waals surface area contributed by atoms with Gasteiger partial charge in [0.1, 0.15) is 5.25 Å². The largest absolute Gasteiger partial charge is 0.385 e. The van der Waals surface area contributed by atoms with Gasteiger partial charge in [0.05, 0.1) is 0 Å². The Balaban J connectivity index is 2.18. The average molecular weight is 245 g/mol. The van der Waals surface area contributed by atoms with Crippen molar-refractivity contribution >= 4 is 28.7 Å². The van der Waals surface area contributed by atoms with Gasteiger partial charge in [0.2, 0.25) is 5.91 Å². The lowest BCUT2D eigenvalue weighted by molar-refractivity contribution is -0.124. The number of carbonyl (C=O) groups is 2. The zero-order valence-corrected chi connectivity index (χ0v) is 9.88. The molecule has 2 amide bonds. The van der Waals surface area contributed by atoms with Crippen LogP contribution in [0.25, 0.3) is 0 Å². The summed E-state index contributed by atoms with van der Waals surface area (Å²) >= 11 is 1.14. The van der Waals surface area contributed by atoms with Crippen molar-refractivity contribution in [1.29, 1.82) is 0 Å². The van der Waals surface area contributed by atoms with E-state index in [1.807, 2.05) is 0 Å². The van der Waals surface area contributed by atoms with E-state index in [9.17, 15) is 9.59 Å². The van der Waals surface area contributed by atoms with Gasteiger partial charge in [-0.3, -0.25) is 9.59 Å². The maximum absolute atomic E-state index is 11.4. The molecule has 7 heteroatoms. The first-order valence-electron chi connectivity index (χ1n) is 4.93. The molecule has 0 radical (unpaired) electrons. The number of thioether (sulfide) groups is 1. The minimum atomic E-state index is -0.456.